The van der Waals surface area contributed by atoms with E-state index in [2.05, 4.69) is 4.98 Å². The van der Waals surface area contributed by atoms with Crippen molar-refractivity contribution in [2.45, 2.75) is 62.1 Å². The van der Waals surface area contributed by atoms with Crippen LogP contribution in [0.2, 0.25) is 0 Å². The van der Waals surface area contributed by atoms with Crippen molar-refractivity contribution >= 4 is 27.9 Å². The van der Waals surface area contributed by atoms with Crippen LogP contribution >= 0.6 is 11.8 Å². The SMILES string of the molecule is CSc1nccc(-c2c(-c3ccccc3)nn(S(=O)(=O)c3ccc(C)cc3)c2C2CCN(C(=O)OC(C)(C)C)CC2)n1. The highest BCUT2D eigenvalue weighted by molar-refractivity contribution is 7.98. The third-order valence-corrected chi connectivity index (χ3v) is 9.25. The molecule has 42 heavy (non-hydrogen) atoms. The largest absolute Gasteiger partial charge is 0.444 e. The van der Waals surface area contributed by atoms with Crippen LogP contribution in [-0.2, 0) is 14.8 Å². The van der Waals surface area contributed by atoms with Crippen LogP contribution in [0.25, 0.3) is 22.5 Å². The molecule has 1 amide bonds. The number of ether oxygens (including phenoxy) is 1. The molecule has 0 unspecified atom stereocenters. The van der Waals surface area contributed by atoms with E-state index in [4.69, 9.17) is 14.8 Å². The fourth-order valence-corrected chi connectivity index (χ4v) is 6.78. The smallest absolute Gasteiger partial charge is 0.410 e. The Morgan fingerprint density at radius 1 is 1.00 bits per heavy atom. The number of hydrogen-bond donors (Lipinski definition) is 0. The maximum Gasteiger partial charge on any atom is 0.410 e. The summed E-state index contributed by atoms with van der Waals surface area (Å²) >= 11 is 1.41. The number of aromatic nitrogens is 4. The molecule has 2 aromatic heterocycles. The fourth-order valence-electron chi connectivity index (χ4n) is 5.06. The van der Waals surface area contributed by atoms with E-state index in [-0.39, 0.29) is 16.9 Å². The summed E-state index contributed by atoms with van der Waals surface area (Å²) in [7, 11) is -4.07. The maximum absolute atomic E-state index is 14.3. The number of amides is 1. The predicted octanol–water partition coefficient (Wildman–Crippen LogP) is 6.39. The van der Waals surface area contributed by atoms with Gasteiger partial charge in [0.15, 0.2) is 5.16 Å². The lowest BCUT2D eigenvalue weighted by molar-refractivity contribution is 0.0204. The van der Waals surface area contributed by atoms with E-state index in [0.29, 0.717) is 53.7 Å². The minimum Gasteiger partial charge on any atom is -0.444 e. The lowest BCUT2D eigenvalue weighted by Gasteiger charge is -2.33. The molecule has 0 aliphatic carbocycles. The van der Waals surface area contributed by atoms with Gasteiger partial charge in [0, 0.05) is 30.8 Å². The number of nitrogens with zero attached hydrogens (tertiary/aromatic N) is 5. The van der Waals surface area contributed by atoms with Crippen LogP contribution in [-0.4, -0.2) is 63.5 Å². The predicted molar refractivity (Wildman–Crippen MR) is 164 cm³/mol. The molecule has 0 atom stereocenters. The van der Waals surface area contributed by atoms with Gasteiger partial charge in [-0.1, -0.05) is 59.8 Å². The molecule has 0 saturated carbocycles. The molecule has 0 spiro atoms. The number of rotatable bonds is 6. The van der Waals surface area contributed by atoms with E-state index in [9.17, 15) is 13.2 Å². The number of piperidine rings is 1. The van der Waals surface area contributed by atoms with Gasteiger partial charge in [-0.05, 0) is 65.0 Å². The van der Waals surface area contributed by atoms with Crippen molar-refractivity contribution < 1.29 is 17.9 Å². The summed E-state index contributed by atoms with van der Waals surface area (Å²) in [6, 6.07) is 18.1. The first kappa shape index (κ1) is 29.8. The van der Waals surface area contributed by atoms with Crippen LogP contribution < -0.4 is 0 Å². The van der Waals surface area contributed by atoms with Crippen molar-refractivity contribution in [1.82, 2.24) is 24.1 Å². The van der Waals surface area contributed by atoms with E-state index < -0.39 is 15.6 Å². The molecule has 1 saturated heterocycles. The molecule has 11 heteroatoms. The van der Waals surface area contributed by atoms with Crippen LogP contribution in [0.5, 0.6) is 0 Å². The van der Waals surface area contributed by atoms with Gasteiger partial charge < -0.3 is 9.64 Å². The summed E-state index contributed by atoms with van der Waals surface area (Å²) in [6.45, 7) is 8.29. The molecule has 220 valence electrons. The monoisotopic (exact) mass is 605 g/mol. The molecular formula is C31H35N5O4S2. The molecule has 0 bridgehead atoms. The zero-order valence-electron chi connectivity index (χ0n) is 24.4. The molecule has 1 aliphatic heterocycles. The Hall–Kier alpha value is -3.70. The van der Waals surface area contributed by atoms with Crippen molar-refractivity contribution in [3.8, 4) is 22.5 Å². The molecule has 0 radical (unpaired) electrons. The summed E-state index contributed by atoms with van der Waals surface area (Å²) in [6.07, 6.45) is 4.29. The fraction of sp³-hybridized carbons (Fsp3) is 0.355. The lowest BCUT2D eigenvalue weighted by Crippen LogP contribution is -2.41. The maximum atomic E-state index is 14.3. The quantitative estimate of drug-likeness (QED) is 0.184. The van der Waals surface area contributed by atoms with Crippen LogP contribution in [0.15, 0.2) is 76.9 Å². The first-order valence-corrected chi connectivity index (χ1v) is 16.5. The van der Waals surface area contributed by atoms with Crippen LogP contribution in [0, 0.1) is 6.92 Å². The summed E-state index contributed by atoms with van der Waals surface area (Å²) < 4.78 is 35.3. The molecule has 3 heterocycles. The van der Waals surface area contributed by atoms with Crippen LogP contribution in [0.4, 0.5) is 4.79 Å². The molecule has 2 aromatic carbocycles. The number of carbonyl (C=O) groups is 1. The first-order chi connectivity index (χ1) is 20.0. The van der Waals surface area contributed by atoms with Gasteiger partial charge in [0.2, 0.25) is 0 Å². The average Bonchev–Trinajstić information content (AvgIpc) is 3.39. The Balaban J connectivity index is 1.69. The van der Waals surface area contributed by atoms with Gasteiger partial charge in [0.05, 0.1) is 21.8 Å². The van der Waals surface area contributed by atoms with Crippen molar-refractivity contribution in [2.75, 3.05) is 19.3 Å². The molecule has 4 aromatic rings. The lowest BCUT2D eigenvalue weighted by atomic mass is 9.89. The second kappa shape index (κ2) is 11.9. The Kier molecular flexibility index (Phi) is 8.43. The molecular weight excluding hydrogens is 571 g/mol. The summed E-state index contributed by atoms with van der Waals surface area (Å²) in [5.74, 6) is -0.212. The third kappa shape index (κ3) is 6.22. The standard InChI is InChI=1S/C31H35N5O4S2/c1-21-11-13-24(14-12-21)42(38,39)36-28(23-16-19-35(20-17-23)30(37)40-31(2,3)4)26(25-15-18-32-29(33-25)41-5)27(34-36)22-9-7-6-8-10-22/h6-15,18,23H,16-17,19-20H2,1-5H3. The van der Waals surface area contributed by atoms with Crippen molar-refractivity contribution in [3.05, 3.63) is 78.1 Å². The zero-order valence-corrected chi connectivity index (χ0v) is 26.1. The van der Waals surface area contributed by atoms with Crippen LogP contribution in [0.1, 0.15) is 50.8 Å². The van der Waals surface area contributed by atoms with Crippen molar-refractivity contribution in [1.29, 1.82) is 0 Å². The van der Waals surface area contributed by atoms with Gasteiger partial charge in [-0.3, -0.25) is 0 Å². The van der Waals surface area contributed by atoms with E-state index >= 15 is 0 Å². The number of aryl methyl sites for hydroxylation is 1. The Morgan fingerprint density at radius 2 is 1.67 bits per heavy atom. The van der Waals surface area contributed by atoms with E-state index in [1.54, 1.807) is 41.4 Å². The summed E-state index contributed by atoms with van der Waals surface area (Å²) in [4.78, 5) is 23.8. The van der Waals surface area contributed by atoms with E-state index in [1.807, 2.05) is 64.3 Å². The Bertz CT molecular complexity index is 1670. The second-order valence-electron chi connectivity index (χ2n) is 11.3. The number of carbonyl (C=O) groups excluding carboxylic acids is 1. The number of hydrogen-bond acceptors (Lipinski definition) is 8. The summed E-state index contributed by atoms with van der Waals surface area (Å²) in [5.41, 5.74) is 3.48. The highest BCUT2D eigenvalue weighted by Gasteiger charge is 2.36. The second-order valence-corrected chi connectivity index (χ2v) is 13.8. The van der Waals surface area contributed by atoms with Gasteiger partial charge in [0.25, 0.3) is 10.0 Å². The number of thioether (sulfide) groups is 1. The summed E-state index contributed by atoms with van der Waals surface area (Å²) in [5, 5.41) is 5.39. The normalized spacial score (nSPS) is 14.6. The third-order valence-electron chi connectivity index (χ3n) is 7.09. The first-order valence-electron chi connectivity index (χ1n) is 13.8. The minimum absolute atomic E-state index is 0.154. The minimum atomic E-state index is -4.07. The average molecular weight is 606 g/mol. The number of likely N-dealkylation sites (tertiary alicyclic amines) is 1. The highest BCUT2D eigenvalue weighted by Crippen LogP contribution is 2.42. The molecule has 9 nitrogen and oxygen atoms in total. The molecule has 0 N–H and O–H groups in total. The van der Waals surface area contributed by atoms with Crippen molar-refractivity contribution in [2.24, 2.45) is 0 Å². The number of benzene rings is 2. The molecule has 5 rings (SSSR count). The Labute approximate surface area is 251 Å². The van der Waals surface area contributed by atoms with E-state index in [1.165, 1.54) is 15.8 Å². The van der Waals surface area contributed by atoms with Gasteiger partial charge in [-0.2, -0.15) is 17.6 Å². The highest BCUT2D eigenvalue weighted by atomic mass is 32.2. The Morgan fingerprint density at radius 3 is 2.29 bits per heavy atom. The van der Waals surface area contributed by atoms with Crippen LogP contribution in [0.3, 0.4) is 0 Å². The molecule has 1 fully saturated rings. The van der Waals surface area contributed by atoms with E-state index in [0.717, 1.165) is 11.1 Å². The van der Waals surface area contributed by atoms with Gasteiger partial charge in [-0.15, -0.1) is 0 Å². The van der Waals surface area contributed by atoms with Crippen molar-refractivity contribution in [3.63, 3.8) is 0 Å². The zero-order chi connectivity index (χ0) is 30.1. The van der Waals surface area contributed by atoms with Gasteiger partial charge in [-0.25, -0.2) is 14.8 Å². The van der Waals surface area contributed by atoms with Gasteiger partial charge >= 0.3 is 6.09 Å². The topological polar surface area (TPSA) is 107 Å². The molecule has 1 aliphatic rings. The van der Waals surface area contributed by atoms with Gasteiger partial charge in [0.1, 0.15) is 11.3 Å².